The molecule has 8 nitrogen and oxygen atoms in total. The number of benzene rings is 1. The molecular weight excluding hydrogens is 347 g/mol. The minimum atomic E-state index is -0.940. The molecule has 3 heterocycles. The van der Waals surface area contributed by atoms with Crippen molar-refractivity contribution in [1.29, 1.82) is 0 Å². The second-order valence-corrected chi connectivity index (χ2v) is 6.81. The molecule has 1 amide bonds. The minimum absolute atomic E-state index is 0.0930. The van der Waals surface area contributed by atoms with Crippen molar-refractivity contribution < 1.29 is 19.2 Å². The molecule has 1 saturated heterocycles. The van der Waals surface area contributed by atoms with Crippen LogP contribution >= 0.6 is 0 Å². The van der Waals surface area contributed by atoms with Crippen molar-refractivity contribution in [3.05, 3.63) is 41.0 Å². The van der Waals surface area contributed by atoms with Crippen molar-refractivity contribution in [1.82, 2.24) is 9.78 Å². The third-order valence-corrected chi connectivity index (χ3v) is 4.75. The van der Waals surface area contributed by atoms with Crippen LogP contribution in [0, 0.1) is 6.92 Å². The number of nitrogens with two attached hydrogens (primary N) is 1. The van der Waals surface area contributed by atoms with Gasteiger partial charge >= 0.3 is 7.12 Å². The van der Waals surface area contributed by atoms with E-state index in [1.54, 1.807) is 22.9 Å². The van der Waals surface area contributed by atoms with Crippen molar-refractivity contribution in [3.63, 3.8) is 0 Å². The first-order valence-corrected chi connectivity index (χ1v) is 8.92. The number of aryl methyl sites for hydroxylation is 1. The Hall–Kier alpha value is -2.78. The highest BCUT2D eigenvalue weighted by molar-refractivity contribution is 6.51. The normalized spacial score (nSPS) is 18.7. The van der Waals surface area contributed by atoms with E-state index in [4.69, 9.17) is 15.1 Å². The summed E-state index contributed by atoms with van der Waals surface area (Å²) >= 11 is 0. The van der Waals surface area contributed by atoms with Crippen LogP contribution in [0.2, 0.25) is 0 Å². The van der Waals surface area contributed by atoms with Gasteiger partial charge in [0.25, 0.3) is 5.91 Å². The fraction of sp³-hybridized carbons (Fsp3) is 0.333. The summed E-state index contributed by atoms with van der Waals surface area (Å²) in [6.07, 6.45) is 5.38. The van der Waals surface area contributed by atoms with E-state index in [-0.39, 0.29) is 6.04 Å². The van der Waals surface area contributed by atoms with Crippen LogP contribution in [0.1, 0.15) is 40.4 Å². The van der Waals surface area contributed by atoms with E-state index < -0.39 is 13.0 Å². The van der Waals surface area contributed by atoms with Gasteiger partial charge in [0, 0.05) is 24.1 Å². The lowest BCUT2D eigenvalue weighted by atomic mass is 9.86. The molecule has 0 bridgehead atoms. The zero-order valence-corrected chi connectivity index (χ0v) is 15.0. The fourth-order valence-corrected chi connectivity index (χ4v) is 3.42. The first-order valence-electron chi connectivity index (χ1n) is 8.92. The van der Waals surface area contributed by atoms with Gasteiger partial charge in [-0.3, -0.25) is 9.48 Å². The van der Waals surface area contributed by atoms with Gasteiger partial charge < -0.3 is 25.5 Å². The summed E-state index contributed by atoms with van der Waals surface area (Å²) in [6, 6.07) is 3.84. The summed E-state index contributed by atoms with van der Waals surface area (Å²) < 4.78 is 12.7. The Balaban J connectivity index is 1.64. The van der Waals surface area contributed by atoms with Crippen molar-refractivity contribution in [2.24, 2.45) is 5.73 Å². The smallest absolute Gasteiger partial charge is 0.532 e. The monoisotopic (exact) mass is 368 g/mol. The van der Waals surface area contributed by atoms with Crippen molar-refractivity contribution in [2.75, 3.05) is 18.5 Å². The van der Waals surface area contributed by atoms with Crippen LogP contribution in [0.25, 0.3) is 6.08 Å². The summed E-state index contributed by atoms with van der Waals surface area (Å²) in [5.74, 6) is 2.07. The molecule has 140 valence electrons. The first kappa shape index (κ1) is 17.6. The number of nitrogens with zero attached hydrogens (tertiary/aromatic N) is 2. The third kappa shape index (κ3) is 3.56. The van der Waals surface area contributed by atoms with Crippen LogP contribution in [0.4, 0.5) is 11.5 Å². The Bertz CT molecular complexity index is 905. The zero-order valence-electron chi connectivity index (χ0n) is 15.0. The standard InChI is InChI=1S/C18H21BN4O4/c1-11-7-13(8-12-4-5-19(25)27-16(11)12)21-18-15(17(20)24)9-23(22-18)14-3-2-6-26-10-14/h4-5,7-9,14,25H,2-3,6,10H2,1H3,(H2,20,24)(H,21,22). The second kappa shape index (κ2) is 7.09. The minimum Gasteiger partial charge on any atom is -0.532 e. The van der Waals surface area contributed by atoms with Crippen LogP contribution < -0.4 is 15.7 Å². The maximum atomic E-state index is 11.9. The molecule has 2 aliphatic rings. The molecule has 2 aliphatic heterocycles. The van der Waals surface area contributed by atoms with Gasteiger partial charge in [0.15, 0.2) is 5.82 Å². The Labute approximate surface area is 157 Å². The van der Waals surface area contributed by atoms with Crippen LogP contribution in [0.15, 0.2) is 24.3 Å². The van der Waals surface area contributed by atoms with E-state index in [0.717, 1.165) is 36.3 Å². The number of nitrogens with one attached hydrogen (secondary N) is 1. The van der Waals surface area contributed by atoms with E-state index >= 15 is 0 Å². The van der Waals surface area contributed by atoms with Gasteiger partial charge in [0.2, 0.25) is 0 Å². The number of ether oxygens (including phenoxy) is 1. The van der Waals surface area contributed by atoms with E-state index in [0.29, 0.717) is 23.7 Å². The number of aromatic nitrogens is 2. The molecule has 1 aromatic carbocycles. The van der Waals surface area contributed by atoms with E-state index in [2.05, 4.69) is 10.4 Å². The summed E-state index contributed by atoms with van der Waals surface area (Å²) in [5.41, 5.74) is 8.33. The predicted octanol–water partition coefficient (Wildman–Crippen LogP) is 1.81. The number of rotatable bonds is 4. The third-order valence-electron chi connectivity index (χ3n) is 4.75. The summed E-state index contributed by atoms with van der Waals surface area (Å²) in [7, 11) is -0.940. The van der Waals surface area contributed by atoms with Gasteiger partial charge in [-0.2, -0.15) is 5.10 Å². The molecule has 1 fully saturated rings. The van der Waals surface area contributed by atoms with Gasteiger partial charge in [0.05, 0.1) is 12.6 Å². The maximum Gasteiger partial charge on any atom is 0.552 e. The number of carbonyl (C=O) groups is 1. The van der Waals surface area contributed by atoms with E-state index in [1.807, 2.05) is 19.1 Å². The molecular formula is C18H21BN4O4. The van der Waals surface area contributed by atoms with Crippen molar-refractivity contribution in [2.45, 2.75) is 25.8 Å². The second-order valence-electron chi connectivity index (χ2n) is 6.81. The lowest BCUT2D eigenvalue weighted by molar-refractivity contribution is 0.0550. The van der Waals surface area contributed by atoms with E-state index in [1.165, 1.54) is 0 Å². The average Bonchev–Trinajstić information content (AvgIpc) is 3.07. The van der Waals surface area contributed by atoms with Gasteiger partial charge in [-0.05, 0) is 43.4 Å². The molecule has 0 spiro atoms. The number of anilines is 2. The molecule has 4 N–H and O–H groups in total. The van der Waals surface area contributed by atoms with Crippen LogP contribution in [-0.2, 0) is 4.74 Å². The molecule has 1 unspecified atom stereocenters. The molecule has 0 saturated carbocycles. The number of hydrogen-bond donors (Lipinski definition) is 3. The Kier molecular flexibility index (Phi) is 4.63. The lowest BCUT2D eigenvalue weighted by Crippen LogP contribution is -2.22. The number of hydrogen-bond acceptors (Lipinski definition) is 6. The average molecular weight is 368 g/mol. The molecule has 1 atom stereocenters. The first-order chi connectivity index (χ1) is 13.0. The fourth-order valence-electron chi connectivity index (χ4n) is 3.42. The van der Waals surface area contributed by atoms with Crippen LogP contribution in [0.3, 0.4) is 0 Å². The number of carbonyl (C=O) groups excluding carboxylic acids is 1. The molecule has 1 aromatic heterocycles. The van der Waals surface area contributed by atoms with Crippen molar-refractivity contribution >= 4 is 30.6 Å². The lowest BCUT2D eigenvalue weighted by Gasteiger charge is -2.22. The largest absolute Gasteiger partial charge is 0.552 e. The molecule has 0 aliphatic carbocycles. The zero-order chi connectivity index (χ0) is 19.0. The van der Waals surface area contributed by atoms with Gasteiger partial charge in [-0.25, -0.2) is 0 Å². The number of primary amides is 1. The maximum absolute atomic E-state index is 11.9. The topological polar surface area (TPSA) is 112 Å². The van der Waals surface area contributed by atoms with Crippen molar-refractivity contribution in [3.8, 4) is 5.75 Å². The highest BCUT2D eigenvalue weighted by Crippen LogP contribution is 2.33. The van der Waals surface area contributed by atoms with Gasteiger partial charge in [-0.1, -0.05) is 6.08 Å². The van der Waals surface area contributed by atoms with E-state index in [9.17, 15) is 9.82 Å². The highest BCUT2D eigenvalue weighted by atomic mass is 16.5. The quantitative estimate of drug-likeness (QED) is 0.710. The molecule has 2 aromatic rings. The highest BCUT2D eigenvalue weighted by Gasteiger charge is 2.23. The van der Waals surface area contributed by atoms with Gasteiger partial charge in [-0.15, -0.1) is 0 Å². The molecule has 9 heteroatoms. The summed E-state index contributed by atoms with van der Waals surface area (Å²) in [4.78, 5) is 11.9. The molecule has 0 radical (unpaired) electrons. The SMILES string of the molecule is Cc1cc(Nc2nn(C3CCCOC3)cc2C(N)=O)cc2c1OB(O)C=C2. The summed E-state index contributed by atoms with van der Waals surface area (Å²) in [6.45, 7) is 3.22. The molecule has 4 rings (SSSR count). The Morgan fingerprint density at radius 3 is 3.07 bits per heavy atom. The van der Waals surface area contributed by atoms with Crippen LogP contribution in [0.5, 0.6) is 5.75 Å². The van der Waals surface area contributed by atoms with Gasteiger partial charge in [0.1, 0.15) is 11.3 Å². The molecule has 27 heavy (non-hydrogen) atoms. The number of amides is 1. The Morgan fingerprint density at radius 2 is 2.33 bits per heavy atom. The predicted molar refractivity (Wildman–Crippen MR) is 102 cm³/mol. The number of fused-ring (bicyclic) bond motifs is 1. The Morgan fingerprint density at radius 1 is 1.48 bits per heavy atom. The van der Waals surface area contributed by atoms with Crippen LogP contribution in [-0.4, -0.2) is 41.0 Å². The summed E-state index contributed by atoms with van der Waals surface area (Å²) in [5, 5.41) is 17.3.